The van der Waals surface area contributed by atoms with E-state index in [-0.39, 0.29) is 4.91 Å². The Morgan fingerprint density at radius 2 is 2.07 bits per heavy atom. The summed E-state index contributed by atoms with van der Waals surface area (Å²) in [6.07, 6.45) is 1.02. The molecule has 0 aliphatic rings. The van der Waals surface area contributed by atoms with Gasteiger partial charge in [-0.15, -0.1) is 0 Å². The summed E-state index contributed by atoms with van der Waals surface area (Å²) in [6.45, 7) is 1.91. The molecule has 0 bridgehead atoms. The molecule has 14 heavy (non-hydrogen) atoms. The zero-order valence-electron chi connectivity index (χ0n) is 7.56. The highest BCUT2D eigenvalue weighted by Gasteiger charge is 2.00. The van der Waals surface area contributed by atoms with Gasteiger partial charge in [-0.25, -0.2) is 0 Å². The van der Waals surface area contributed by atoms with E-state index in [2.05, 4.69) is 0 Å². The van der Waals surface area contributed by atoms with Crippen molar-refractivity contribution in [3.05, 3.63) is 41.5 Å². The van der Waals surface area contributed by atoms with Crippen LogP contribution < -0.4 is 0 Å². The maximum absolute atomic E-state index is 10.8. The van der Waals surface area contributed by atoms with Gasteiger partial charge in [0.05, 0.1) is 6.07 Å². The maximum Gasteiger partial charge on any atom is 0.0924 e. The Hall–Kier alpha value is -1.44. The van der Waals surface area contributed by atoms with Gasteiger partial charge in [-0.3, -0.25) is 4.21 Å². The van der Waals surface area contributed by atoms with Crippen LogP contribution >= 0.6 is 0 Å². The number of allylic oxidation sites excluding steroid dienone is 1. The van der Waals surface area contributed by atoms with E-state index in [1.807, 2.05) is 6.92 Å². The fourth-order valence-corrected chi connectivity index (χ4v) is 1.48. The highest BCUT2D eigenvalue weighted by atomic mass is 32.2. The van der Waals surface area contributed by atoms with E-state index in [9.17, 15) is 8.76 Å². The number of hydrogen-bond acceptors (Lipinski definition) is 3. The molecule has 1 atom stereocenters. The van der Waals surface area contributed by atoms with Crippen LogP contribution in [0, 0.1) is 18.3 Å². The number of aryl methyl sites for hydroxylation is 1. The van der Waals surface area contributed by atoms with Crippen LogP contribution in [0.3, 0.4) is 0 Å². The smallest absolute Gasteiger partial charge is 0.0924 e. The van der Waals surface area contributed by atoms with Crippen molar-refractivity contribution in [2.24, 2.45) is 0 Å². The molecule has 0 aliphatic heterocycles. The molecule has 4 heteroatoms. The summed E-state index contributed by atoms with van der Waals surface area (Å²) in [4.78, 5) is 0.0208. The number of rotatable bonds is 2. The fourth-order valence-electron chi connectivity index (χ4n) is 1.00. The van der Waals surface area contributed by atoms with Crippen molar-refractivity contribution in [2.45, 2.75) is 6.92 Å². The van der Waals surface area contributed by atoms with Gasteiger partial charge >= 0.3 is 0 Å². The number of hydrogen-bond donors (Lipinski definition) is 0. The number of nitriles is 1. The molecule has 1 aromatic carbocycles. The third kappa shape index (κ3) is 2.52. The molecule has 1 rings (SSSR count). The second-order valence-corrected chi connectivity index (χ2v) is 3.65. The van der Waals surface area contributed by atoms with Gasteiger partial charge in [-0.2, -0.15) is 5.26 Å². The monoisotopic (exact) mass is 206 g/mol. The first-order valence-corrected chi connectivity index (χ1v) is 4.98. The van der Waals surface area contributed by atoms with Crippen LogP contribution in [0.25, 0.3) is 4.91 Å². The van der Waals surface area contributed by atoms with E-state index in [1.54, 1.807) is 30.3 Å². The van der Waals surface area contributed by atoms with Crippen LogP contribution in [0.2, 0.25) is 0 Å². The fraction of sp³-hybridized carbons (Fsp3) is 0.100. The second kappa shape index (κ2) is 4.70. The Morgan fingerprint density at radius 3 is 2.50 bits per heavy atom. The van der Waals surface area contributed by atoms with Gasteiger partial charge in [0.25, 0.3) is 0 Å². The van der Waals surface area contributed by atoms with Crippen LogP contribution in [0.15, 0.2) is 30.3 Å². The summed E-state index contributed by atoms with van der Waals surface area (Å²) in [6, 6.07) is 8.65. The zero-order chi connectivity index (χ0) is 10.6. The normalized spacial score (nSPS) is 13.4. The lowest BCUT2D eigenvalue weighted by Gasteiger charge is -2.09. The number of benzene rings is 1. The molecule has 0 saturated carbocycles. The molecule has 1 aromatic rings. The van der Waals surface area contributed by atoms with Crippen molar-refractivity contribution < 1.29 is 8.76 Å². The highest BCUT2D eigenvalue weighted by Crippen LogP contribution is 2.17. The van der Waals surface area contributed by atoms with Crippen LogP contribution in [0.1, 0.15) is 11.1 Å². The molecule has 0 spiro atoms. The van der Waals surface area contributed by atoms with Gasteiger partial charge in [0.15, 0.2) is 0 Å². The van der Waals surface area contributed by atoms with Crippen LogP contribution in [-0.4, -0.2) is 8.76 Å². The van der Waals surface area contributed by atoms with Crippen LogP contribution in [0.4, 0.5) is 0 Å². The van der Waals surface area contributed by atoms with E-state index >= 15 is 0 Å². The molecule has 0 amide bonds. The predicted octanol–water partition coefficient (Wildman–Crippen LogP) is 1.74. The van der Waals surface area contributed by atoms with E-state index < -0.39 is 11.1 Å². The second-order valence-electron chi connectivity index (χ2n) is 2.74. The average Bonchev–Trinajstić information content (AvgIpc) is 2.15. The van der Waals surface area contributed by atoms with Crippen molar-refractivity contribution >= 4 is 16.0 Å². The lowest BCUT2D eigenvalue weighted by atomic mass is 10.1. The molecule has 3 nitrogen and oxygen atoms in total. The number of nitrogens with zero attached hydrogens (tertiary/aromatic N) is 1. The molecule has 0 radical (unpaired) electrons. The highest BCUT2D eigenvalue weighted by molar-refractivity contribution is 7.89. The largest absolute Gasteiger partial charge is 0.768 e. The Labute approximate surface area is 85.0 Å². The van der Waals surface area contributed by atoms with E-state index in [4.69, 9.17) is 5.26 Å². The van der Waals surface area contributed by atoms with Gasteiger partial charge in [-0.1, -0.05) is 29.8 Å². The minimum absolute atomic E-state index is 0.0208. The Balaban J connectivity index is 3.14. The summed E-state index contributed by atoms with van der Waals surface area (Å²) in [5.74, 6) is 0. The quantitative estimate of drug-likeness (QED) is 0.547. The minimum atomic E-state index is -2.37. The molecule has 1 unspecified atom stereocenters. The molecule has 72 valence electrons. The van der Waals surface area contributed by atoms with Gasteiger partial charge in [0.2, 0.25) is 0 Å². The lowest BCUT2D eigenvalue weighted by Crippen LogP contribution is -1.92. The van der Waals surface area contributed by atoms with Crippen LogP contribution in [0.5, 0.6) is 0 Å². The van der Waals surface area contributed by atoms with Crippen molar-refractivity contribution in [3.63, 3.8) is 0 Å². The molecule has 0 fully saturated rings. The third-order valence-electron chi connectivity index (χ3n) is 1.71. The molecule has 0 heterocycles. The molecule has 0 saturated heterocycles. The van der Waals surface area contributed by atoms with E-state index in [1.165, 1.54) is 0 Å². The first-order chi connectivity index (χ1) is 6.65. The topological polar surface area (TPSA) is 63.9 Å². The molecule has 0 aromatic heterocycles. The summed E-state index contributed by atoms with van der Waals surface area (Å²) >= 11 is -2.37. The van der Waals surface area contributed by atoms with Crippen molar-refractivity contribution in [1.82, 2.24) is 0 Å². The van der Waals surface area contributed by atoms with E-state index in [0.29, 0.717) is 5.56 Å². The summed E-state index contributed by atoms with van der Waals surface area (Å²) in [5, 5.41) is 8.40. The first-order valence-electron chi connectivity index (χ1n) is 3.91. The van der Waals surface area contributed by atoms with Crippen molar-refractivity contribution in [2.75, 3.05) is 0 Å². The summed E-state index contributed by atoms with van der Waals surface area (Å²) in [7, 11) is 0. The zero-order valence-corrected chi connectivity index (χ0v) is 8.38. The van der Waals surface area contributed by atoms with Gasteiger partial charge in [0.1, 0.15) is 0 Å². The van der Waals surface area contributed by atoms with Crippen LogP contribution in [-0.2, 0) is 11.1 Å². The van der Waals surface area contributed by atoms with Crippen molar-refractivity contribution in [1.29, 1.82) is 5.26 Å². The molecular formula is C10H8NO2S-. The Morgan fingerprint density at radius 1 is 1.50 bits per heavy atom. The maximum atomic E-state index is 10.8. The lowest BCUT2D eigenvalue weighted by molar-refractivity contribution is 0.548. The molecule has 0 aliphatic carbocycles. The Bertz CT molecular complexity index is 415. The first kappa shape index (κ1) is 10.6. The van der Waals surface area contributed by atoms with E-state index in [0.717, 1.165) is 11.6 Å². The Kier molecular flexibility index (Phi) is 3.57. The molecular weight excluding hydrogens is 198 g/mol. The van der Waals surface area contributed by atoms with Gasteiger partial charge in [0, 0.05) is 11.0 Å². The SMILES string of the molecule is Cc1ccc(/C(=C/C#N)S(=O)[O-])cc1. The minimum Gasteiger partial charge on any atom is -0.768 e. The summed E-state index contributed by atoms with van der Waals surface area (Å²) < 4.78 is 21.5. The predicted molar refractivity (Wildman–Crippen MR) is 53.7 cm³/mol. The van der Waals surface area contributed by atoms with Gasteiger partial charge < -0.3 is 4.55 Å². The van der Waals surface area contributed by atoms with Gasteiger partial charge in [-0.05, 0) is 23.6 Å². The third-order valence-corrected chi connectivity index (χ3v) is 2.42. The molecule has 0 N–H and O–H groups in total. The summed E-state index contributed by atoms with van der Waals surface area (Å²) in [5.41, 5.74) is 1.58. The van der Waals surface area contributed by atoms with Crippen molar-refractivity contribution in [3.8, 4) is 6.07 Å². The standard InChI is InChI=1S/C10H9NO2S/c1-8-2-4-9(5-3-8)10(6-7-11)14(12)13/h2-6H,1H3,(H,12,13)/p-1/b10-6-. The average molecular weight is 206 g/mol.